The molecule has 1 amide bonds. The number of rotatable bonds is 4. The second kappa shape index (κ2) is 6.29. The van der Waals surface area contributed by atoms with Crippen LogP contribution < -0.4 is 5.32 Å². The molecule has 130 valence electrons. The number of halogens is 1. The number of amides is 1. The summed E-state index contributed by atoms with van der Waals surface area (Å²) < 4.78 is 12.0. The number of hydrogen-bond acceptors (Lipinski definition) is 4. The van der Waals surface area contributed by atoms with Crippen molar-refractivity contribution in [1.82, 2.24) is 0 Å². The van der Waals surface area contributed by atoms with E-state index >= 15 is 0 Å². The van der Waals surface area contributed by atoms with Crippen LogP contribution in [0.15, 0.2) is 12.1 Å². The van der Waals surface area contributed by atoms with Gasteiger partial charge >= 0.3 is 5.97 Å². The van der Waals surface area contributed by atoms with Gasteiger partial charge in [0, 0.05) is 15.9 Å². The fraction of sp³-hybridized carbons (Fsp3) is 0.556. The van der Waals surface area contributed by atoms with E-state index in [0.717, 1.165) is 26.8 Å². The lowest BCUT2D eigenvalue weighted by atomic mass is 9.64. The molecule has 1 N–H and O–H groups in total. The molecule has 6 heteroatoms. The average molecular weight is 443 g/mol. The molecule has 2 aliphatic rings. The van der Waals surface area contributed by atoms with E-state index in [9.17, 15) is 9.59 Å². The smallest absolute Gasteiger partial charge is 0.308 e. The molecule has 0 aliphatic carbocycles. The lowest BCUT2D eigenvalue weighted by Crippen LogP contribution is -2.53. The second-order valence-electron chi connectivity index (χ2n) is 6.40. The van der Waals surface area contributed by atoms with E-state index < -0.39 is 11.0 Å². The Balaban J connectivity index is 2.21. The van der Waals surface area contributed by atoms with Crippen molar-refractivity contribution in [3.8, 4) is 0 Å². The monoisotopic (exact) mass is 443 g/mol. The third-order valence-electron chi connectivity index (χ3n) is 5.51. The number of carbonyl (C=O) groups is 2. The molecule has 0 bridgehead atoms. The van der Waals surface area contributed by atoms with Crippen molar-refractivity contribution in [3.05, 3.63) is 26.8 Å². The summed E-state index contributed by atoms with van der Waals surface area (Å²) in [6.45, 7) is 4.51. The SMILES string of the molecule is CCc1cc(I)cc2c1NC(=O)[C@]21CCO[C@@]1(CC)CC(=O)OC. The molecule has 3 rings (SSSR count). The Kier molecular flexibility index (Phi) is 4.63. The van der Waals surface area contributed by atoms with Gasteiger partial charge in [-0.1, -0.05) is 13.8 Å². The zero-order valence-electron chi connectivity index (χ0n) is 14.2. The van der Waals surface area contributed by atoms with Crippen molar-refractivity contribution >= 4 is 40.2 Å². The van der Waals surface area contributed by atoms with Crippen molar-refractivity contribution in [1.29, 1.82) is 0 Å². The molecule has 1 fully saturated rings. The predicted molar refractivity (Wildman–Crippen MR) is 99.1 cm³/mol. The maximum atomic E-state index is 13.1. The van der Waals surface area contributed by atoms with Gasteiger partial charge in [-0.05, 0) is 65.1 Å². The highest BCUT2D eigenvalue weighted by Crippen LogP contribution is 2.56. The highest BCUT2D eigenvalue weighted by Gasteiger charge is 2.65. The largest absolute Gasteiger partial charge is 0.469 e. The maximum Gasteiger partial charge on any atom is 0.308 e. The molecule has 2 aliphatic heterocycles. The highest BCUT2D eigenvalue weighted by molar-refractivity contribution is 14.1. The maximum absolute atomic E-state index is 13.1. The number of carbonyl (C=O) groups excluding carboxylic acids is 2. The lowest BCUT2D eigenvalue weighted by Gasteiger charge is -2.39. The molecule has 0 saturated carbocycles. The molecule has 0 unspecified atom stereocenters. The van der Waals surface area contributed by atoms with Gasteiger partial charge in [0.05, 0.1) is 19.1 Å². The van der Waals surface area contributed by atoms with Gasteiger partial charge in [0.1, 0.15) is 5.41 Å². The molecule has 2 atom stereocenters. The summed E-state index contributed by atoms with van der Waals surface area (Å²) in [5.74, 6) is -0.404. The third kappa shape index (κ3) is 2.29. The van der Waals surface area contributed by atoms with Crippen LogP contribution in [0.3, 0.4) is 0 Å². The number of hydrogen-bond donors (Lipinski definition) is 1. The van der Waals surface area contributed by atoms with Crippen molar-refractivity contribution in [3.63, 3.8) is 0 Å². The van der Waals surface area contributed by atoms with Crippen LogP contribution in [0.5, 0.6) is 0 Å². The summed E-state index contributed by atoms with van der Waals surface area (Å²) in [4.78, 5) is 25.2. The van der Waals surface area contributed by atoms with Crippen molar-refractivity contribution in [2.75, 3.05) is 19.0 Å². The molecule has 1 aromatic rings. The Morgan fingerprint density at radius 2 is 2.17 bits per heavy atom. The van der Waals surface area contributed by atoms with Crippen molar-refractivity contribution < 1.29 is 19.1 Å². The van der Waals surface area contributed by atoms with E-state index in [4.69, 9.17) is 9.47 Å². The quantitative estimate of drug-likeness (QED) is 0.574. The molecule has 2 heterocycles. The van der Waals surface area contributed by atoms with E-state index in [1.54, 1.807) is 0 Å². The van der Waals surface area contributed by atoms with Crippen LogP contribution in [-0.4, -0.2) is 31.2 Å². The van der Waals surface area contributed by atoms with Crippen LogP contribution in [0.1, 0.15) is 44.2 Å². The Morgan fingerprint density at radius 3 is 2.79 bits per heavy atom. The van der Waals surface area contributed by atoms with Gasteiger partial charge in [0.25, 0.3) is 0 Å². The van der Waals surface area contributed by atoms with E-state index in [-0.39, 0.29) is 18.3 Å². The van der Waals surface area contributed by atoms with Crippen LogP contribution in [0.25, 0.3) is 0 Å². The van der Waals surface area contributed by atoms with Crippen LogP contribution in [-0.2, 0) is 30.9 Å². The summed E-state index contributed by atoms with van der Waals surface area (Å²) in [6, 6.07) is 4.16. The Bertz CT molecular complexity index is 705. The van der Waals surface area contributed by atoms with Crippen molar-refractivity contribution in [2.45, 2.75) is 50.5 Å². The van der Waals surface area contributed by atoms with Gasteiger partial charge in [-0.25, -0.2) is 0 Å². The normalized spacial score (nSPS) is 28.1. The fourth-order valence-electron chi connectivity index (χ4n) is 4.26. The summed E-state index contributed by atoms with van der Waals surface area (Å²) in [5.41, 5.74) is 1.31. The average Bonchev–Trinajstić information content (AvgIpc) is 3.08. The summed E-state index contributed by atoms with van der Waals surface area (Å²) in [6.07, 6.45) is 2.08. The second-order valence-corrected chi connectivity index (χ2v) is 7.65. The zero-order chi connectivity index (χ0) is 17.5. The van der Waals surface area contributed by atoms with Gasteiger partial charge in [-0.3, -0.25) is 9.59 Å². The molecular formula is C18H22INO4. The number of ether oxygens (including phenoxy) is 2. The first-order valence-electron chi connectivity index (χ1n) is 8.29. The van der Waals surface area contributed by atoms with Gasteiger partial charge in [-0.15, -0.1) is 0 Å². The van der Waals surface area contributed by atoms with E-state index in [1.807, 2.05) is 6.92 Å². The highest BCUT2D eigenvalue weighted by atomic mass is 127. The van der Waals surface area contributed by atoms with Crippen LogP contribution in [0, 0.1) is 3.57 Å². The van der Waals surface area contributed by atoms with E-state index in [2.05, 4.69) is 47.0 Å². The van der Waals surface area contributed by atoms with Gasteiger partial charge in [0.2, 0.25) is 5.91 Å². The lowest BCUT2D eigenvalue weighted by molar-refractivity contribution is -0.151. The summed E-state index contributed by atoms with van der Waals surface area (Å²) >= 11 is 2.28. The molecule has 5 nitrogen and oxygen atoms in total. The van der Waals surface area contributed by atoms with Gasteiger partial charge in [0.15, 0.2) is 0 Å². The third-order valence-corrected chi connectivity index (χ3v) is 6.14. The molecule has 1 spiro atoms. The van der Waals surface area contributed by atoms with Gasteiger partial charge in [-0.2, -0.15) is 0 Å². The Hall–Kier alpha value is -1.15. The first kappa shape index (κ1) is 17.7. The standard InChI is InChI=1S/C18H22INO4/c1-4-11-8-12(19)9-13-15(11)20-16(22)18(13)6-7-24-17(18,5-2)10-14(21)23-3/h8-9H,4-7,10H2,1-3H3,(H,20,22)/t17-,18-/m0/s1. The number of aryl methyl sites for hydroxylation is 1. The van der Waals surface area contributed by atoms with Crippen LogP contribution in [0.2, 0.25) is 0 Å². The van der Waals surface area contributed by atoms with Crippen molar-refractivity contribution in [2.24, 2.45) is 0 Å². The minimum Gasteiger partial charge on any atom is -0.469 e. The predicted octanol–water partition coefficient (Wildman–Crippen LogP) is 3.18. The zero-order valence-corrected chi connectivity index (χ0v) is 16.4. The molecule has 1 saturated heterocycles. The first-order valence-corrected chi connectivity index (χ1v) is 9.37. The minimum absolute atomic E-state index is 0.0579. The molecule has 1 aromatic carbocycles. The number of methoxy groups -OCH3 is 1. The molecule has 24 heavy (non-hydrogen) atoms. The number of nitrogens with one attached hydrogen (secondary N) is 1. The molecule has 0 radical (unpaired) electrons. The number of fused-ring (bicyclic) bond motifs is 2. The molecule has 0 aromatic heterocycles. The number of anilines is 1. The minimum atomic E-state index is -0.856. The Labute approximate surface area is 155 Å². The summed E-state index contributed by atoms with van der Waals surface area (Å²) in [5, 5.41) is 3.08. The fourth-order valence-corrected chi connectivity index (χ4v) is 4.94. The van der Waals surface area contributed by atoms with Gasteiger partial charge < -0.3 is 14.8 Å². The first-order chi connectivity index (χ1) is 11.4. The Morgan fingerprint density at radius 1 is 1.42 bits per heavy atom. The number of esters is 1. The summed E-state index contributed by atoms with van der Waals surface area (Å²) in [7, 11) is 1.37. The topological polar surface area (TPSA) is 64.6 Å². The number of benzene rings is 1. The van der Waals surface area contributed by atoms with E-state index in [0.29, 0.717) is 19.4 Å². The molecular weight excluding hydrogens is 421 g/mol. The van der Waals surface area contributed by atoms with E-state index in [1.165, 1.54) is 7.11 Å². The van der Waals surface area contributed by atoms with Crippen LogP contribution >= 0.6 is 22.6 Å². The van der Waals surface area contributed by atoms with Crippen LogP contribution in [0.4, 0.5) is 5.69 Å².